The predicted octanol–water partition coefficient (Wildman–Crippen LogP) is 5.69. The fraction of sp³-hybridized carbons (Fsp3) is 0.154. The van der Waals surface area contributed by atoms with Crippen LogP contribution in [0.25, 0.3) is 0 Å². The first-order valence-electron chi connectivity index (χ1n) is 5.82. The van der Waals surface area contributed by atoms with Gasteiger partial charge >= 0.3 is 12.4 Å². The number of benzene rings is 1. The summed E-state index contributed by atoms with van der Waals surface area (Å²) < 4.78 is 76.3. The van der Waals surface area contributed by atoms with Crippen LogP contribution in [0.4, 0.5) is 32.0 Å². The average Bonchev–Trinajstić information content (AvgIpc) is 2.82. The average molecular weight is 374 g/mol. The van der Waals surface area contributed by atoms with E-state index in [1.807, 2.05) is 5.32 Å². The highest BCUT2D eigenvalue weighted by molar-refractivity contribution is 7.12. The Morgan fingerprint density at radius 3 is 1.91 bits per heavy atom. The summed E-state index contributed by atoms with van der Waals surface area (Å²) in [5, 5.41) is 3.51. The second kappa shape index (κ2) is 6.04. The number of rotatable bonds is 2. The van der Waals surface area contributed by atoms with Crippen molar-refractivity contribution in [1.82, 2.24) is 0 Å². The Morgan fingerprint density at radius 1 is 1.00 bits per heavy atom. The molecule has 2 rings (SSSR count). The molecule has 10 heteroatoms. The van der Waals surface area contributed by atoms with Crippen molar-refractivity contribution in [3.63, 3.8) is 0 Å². The Bertz CT molecular complexity index is 705. The van der Waals surface area contributed by atoms with E-state index in [4.69, 9.17) is 11.6 Å². The maximum Gasteiger partial charge on any atom is 0.416 e. The summed E-state index contributed by atoms with van der Waals surface area (Å²) in [5.74, 6) is -0.891. The van der Waals surface area contributed by atoms with Crippen molar-refractivity contribution in [3.8, 4) is 0 Å². The van der Waals surface area contributed by atoms with Crippen LogP contribution in [0, 0.1) is 0 Å². The Labute approximate surface area is 134 Å². The van der Waals surface area contributed by atoms with Crippen molar-refractivity contribution >= 4 is 34.5 Å². The van der Waals surface area contributed by atoms with Crippen LogP contribution in [0.1, 0.15) is 20.8 Å². The molecular weight excluding hydrogens is 368 g/mol. The van der Waals surface area contributed by atoms with Crippen LogP contribution in [0.3, 0.4) is 0 Å². The molecule has 2 nitrogen and oxygen atoms in total. The lowest BCUT2D eigenvalue weighted by Gasteiger charge is -2.14. The number of thiophene rings is 1. The third-order valence-corrected chi connectivity index (χ3v) is 4.01. The lowest BCUT2D eigenvalue weighted by Crippen LogP contribution is -2.15. The number of hydrogen-bond donors (Lipinski definition) is 1. The molecule has 0 fully saturated rings. The van der Waals surface area contributed by atoms with Gasteiger partial charge in [-0.3, -0.25) is 4.79 Å². The Balaban J connectivity index is 2.42. The molecule has 124 valence electrons. The van der Waals surface area contributed by atoms with E-state index < -0.39 is 35.1 Å². The molecule has 0 unspecified atom stereocenters. The lowest BCUT2D eigenvalue weighted by atomic mass is 10.1. The van der Waals surface area contributed by atoms with Crippen molar-refractivity contribution in [2.24, 2.45) is 0 Å². The van der Waals surface area contributed by atoms with Gasteiger partial charge < -0.3 is 5.32 Å². The van der Waals surface area contributed by atoms with Gasteiger partial charge in [0.15, 0.2) is 0 Å². The van der Waals surface area contributed by atoms with Crippen molar-refractivity contribution in [2.75, 3.05) is 5.32 Å². The number of anilines is 1. The normalized spacial score (nSPS) is 12.3. The standard InChI is InChI=1S/C13H6ClF6NOS/c14-9-1-2-23-10(9)11(22)21-8-4-6(12(15,16)17)3-7(5-8)13(18,19)20/h1-5H,(H,21,22). The summed E-state index contributed by atoms with van der Waals surface area (Å²) in [4.78, 5) is 11.9. The molecule has 1 aromatic carbocycles. The second-order valence-corrected chi connectivity index (χ2v) is 5.67. The molecule has 0 aliphatic rings. The highest BCUT2D eigenvalue weighted by Gasteiger charge is 2.37. The van der Waals surface area contributed by atoms with Crippen molar-refractivity contribution in [3.05, 3.63) is 50.7 Å². The zero-order valence-electron chi connectivity index (χ0n) is 10.8. The molecule has 0 saturated heterocycles. The van der Waals surface area contributed by atoms with Crippen LogP contribution in [-0.2, 0) is 12.4 Å². The van der Waals surface area contributed by atoms with Crippen molar-refractivity contribution in [2.45, 2.75) is 12.4 Å². The molecule has 0 spiro atoms. The smallest absolute Gasteiger partial charge is 0.321 e. The van der Waals surface area contributed by atoms with Gasteiger partial charge in [0, 0.05) is 5.69 Å². The molecule has 0 atom stereocenters. The topological polar surface area (TPSA) is 29.1 Å². The van der Waals surface area contributed by atoms with Crippen LogP contribution < -0.4 is 5.32 Å². The Hall–Kier alpha value is -1.74. The van der Waals surface area contributed by atoms with E-state index >= 15 is 0 Å². The molecule has 1 heterocycles. The summed E-state index contributed by atoms with van der Waals surface area (Å²) in [5.41, 5.74) is -3.65. The molecule has 1 amide bonds. The van der Waals surface area contributed by atoms with Gasteiger partial charge in [-0.15, -0.1) is 11.3 Å². The molecular formula is C13H6ClF6NOS. The molecule has 1 N–H and O–H groups in total. The van der Waals surface area contributed by atoms with Crippen LogP contribution in [0.15, 0.2) is 29.6 Å². The van der Waals surface area contributed by atoms with E-state index in [-0.39, 0.29) is 16.0 Å². The van der Waals surface area contributed by atoms with E-state index in [2.05, 4.69) is 0 Å². The molecule has 2 aromatic rings. The molecule has 0 aliphatic heterocycles. The van der Waals surface area contributed by atoms with E-state index in [0.717, 1.165) is 11.3 Å². The van der Waals surface area contributed by atoms with E-state index in [0.29, 0.717) is 12.1 Å². The fourth-order valence-corrected chi connectivity index (χ4v) is 2.71. The summed E-state index contributed by atoms with van der Waals surface area (Å²) >= 11 is 6.61. The van der Waals surface area contributed by atoms with E-state index in [9.17, 15) is 31.1 Å². The quantitative estimate of drug-likeness (QED) is 0.673. The summed E-state index contributed by atoms with van der Waals surface area (Å²) in [6.45, 7) is 0. The predicted molar refractivity (Wildman–Crippen MR) is 73.7 cm³/mol. The van der Waals surface area contributed by atoms with Crippen LogP contribution in [0.2, 0.25) is 5.02 Å². The minimum Gasteiger partial charge on any atom is -0.321 e. The van der Waals surface area contributed by atoms with Crippen LogP contribution in [0.5, 0.6) is 0 Å². The number of carbonyl (C=O) groups is 1. The third kappa shape index (κ3) is 4.17. The largest absolute Gasteiger partial charge is 0.416 e. The van der Waals surface area contributed by atoms with Gasteiger partial charge in [-0.2, -0.15) is 26.3 Å². The van der Waals surface area contributed by atoms with Gasteiger partial charge in [-0.25, -0.2) is 0 Å². The van der Waals surface area contributed by atoms with Crippen LogP contribution >= 0.6 is 22.9 Å². The van der Waals surface area contributed by atoms with Crippen LogP contribution in [-0.4, -0.2) is 5.91 Å². The zero-order valence-corrected chi connectivity index (χ0v) is 12.4. The van der Waals surface area contributed by atoms with Gasteiger partial charge in [0.1, 0.15) is 4.88 Å². The van der Waals surface area contributed by atoms with Gasteiger partial charge in [0.2, 0.25) is 0 Å². The van der Waals surface area contributed by atoms with E-state index in [1.165, 1.54) is 11.4 Å². The van der Waals surface area contributed by atoms with Gasteiger partial charge in [-0.05, 0) is 29.6 Å². The summed E-state index contributed by atoms with van der Waals surface area (Å²) in [6.07, 6.45) is -9.97. The third-order valence-electron chi connectivity index (χ3n) is 2.67. The molecule has 0 saturated carbocycles. The first kappa shape index (κ1) is 17.6. The molecule has 0 aliphatic carbocycles. The number of nitrogens with one attached hydrogen (secondary N) is 1. The van der Waals surface area contributed by atoms with Crippen molar-refractivity contribution in [1.29, 1.82) is 0 Å². The number of hydrogen-bond acceptors (Lipinski definition) is 2. The zero-order chi connectivity index (χ0) is 17.4. The molecule has 23 heavy (non-hydrogen) atoms. The van der Waals surface area contributed by atoms with Gasteiger partial charge in [-0.1, -0.05) is 11.6 Å². The highest BCUT2D eigenvalue weighted by Crippen LogP contribution is 2.37. The number of amides is 1. The Kier molecular flexibility index (Phi) is 4.63. The Morgan fingerprint density at radius 2 is 1.52 bits per heavy atom. The molecule has 0 bridgehead atoms. The molecule has 1 aromatic heterocycles. The number of alkyl halides is 6. The fourth-order valence-electron chi connectivity index (χ4n) is 1.67. The van der Waals surface area contributed by atoms with E-state index in [1.54, 1.807) is 0 Å². The van der Waals surface area contributed by atoms with Gasteiger partial charge in [0.05, 0.1) is 16.1 Å². The SMILES string of the molecule is O=C(Nc1cc(C(F)(F)F)cc(C(F)(F)F)c1)c1sccc1Cl. The minimum absolute atomic E-state index is 0.0161. The van der Waals surface area contributed by atoms with Gasteiger partial charge in [0.25, 0.3) is 5.91 Å². The summed E-state index contributed by atoms with van der Waals surface area (Å²) in [7, 11) is 0. The monoisotopic (exact) mass is 373 g/mol. The second-order valence-electron chi connectivity index (χ2n) is 4.35. The number of carbonyl (C=O) groups excluding carboxylic acids is 1. The maximum absolute atomic E-state index is 12.7. The number of halogens is 7. The first-order chi connectivity index (χ1) is 10.5. The maximum atomic E-state index is 12.7. The van der Waals surface area contributed by atoms with Crippen molar-refractivity contribution < 1.29 is 31.1 Å². The molecule has 0 radical (unpaired) electrons. The lowest BCUT2D eigenvalue weighted by molar-refractivity contribution is -0.143. The first-order valence-corrected chi connectivity index (χ1v) is 7.08. The highest BCUT2D eigenvalue weighted by atomic mass is 35.5. The summed E-state index contributed by atoms with van der Waals surface area (Å²) in [6, 6.07) is 2.21. The minimum atomic E-state index is -4.98.